The average molecular weight is 291 g/mol. The van der Waals surface area contributed by atoms with Crippen LogP contribution in [-0.2, 0) is 9.59 Å². The number of hydrogen-bond donors (Lipinski definition) is 5. The molecule has 0 aliphatic heterocycles. The number of carbonyl (C=O) groups is 2. The van der Waals surface area contributed by atoms with Crippen LogP contribution in [0.3, 0.4) is 0 Å². The van der Waals surface area contributed by atoms with Crippen molar-refractivity contribution in [3.05, 3.63) is 24.3 Å². The van der Waals surface area contributed by atoms with Crippen LogP contribution in [0.1, 0.15) is 0 Å². The summed E-state index contributed by atoms with van der Waals surface area (Å²) in [5.74, 6) is -2.74. The first-order chi connectivity index (χ1) is 8.79. The van der Waals surface area contributed by atoms with E-state index in [9.17, 15) is 9.59 Å². The Hall–Kier alpha value is -2.36. The van der Waals surface area contributed by atoms with E-state index in [1.165, 1.54) is 0 Å². The summed E-state index contributed by atoms with van der Waals surface area (Å²) >= 11 is 0. The van der Waals surface area contributed by atoms with E-state index in [-0.39, 0.29) is 5.48 Å². The second-order valence-electron chi connectivity index (χ2n) is 3.34. The SMILES string of the molecule is COc1cccc(N)c1.O.O=C(O)[C@H](O)[C@@H](O)C(=O)O. The van der Waals surface area contributed by atoms with Gasteiger partial charge < -0.3 is 36.4 Å². The number of benzene rings is 1. The molecule has 0 radical (unpaired) electrons. The van der Waals surface area contributed by atoms with E-state index in [4.69, 9.17) is 30.9 Å². The van der Waals surface area contributed by atoms with Crippen LogP contribution in [-0.4, -0.2) is 57.2 Å². The third-order valence-corrected chi connectivity index (χ3v) is 1.90. The highest BCUT2D eigenvalue weighted by Crippen LogP contribution is 2.12. The van der Waals surface area contributed by atoms with Gasteiger partial charge in [0.1, 0.15) is 5.75 Å². The fourth-order valence-electron chi connectivity index (χ4n) is 0.912. The van der Waals surface area contributed by atoms with Crippen LogP contribution >= 0.6 is 0 Å². The molecule has 9 heteroatoms. The van der Waals surface area contributed by atoms with Crippen LogP contribution in [0.15, 0.2) is 24.3 Å². The van der Waals surface area contributed by atoms with Crippen molar-refractivity contribution >= 4 is 17.6 Å². The maximum Gasteiger partial charge on any atom is 0.335 e. The molecule has 0 aromatic heterocycles. The second kappa shape index (κ2) is 9.55. The van der Waals surface area contributed by atoms with Crippen LogP contribution < -0.4 is 10.5 Å². The summed E-state index contributed by atoms with van der Waals surface area (Å²) in [7, 11) is 1.62. The number of aliphatic hydroxyl groups is 2. The van der Waals surface area contributed by atoms with Crippen molar-refractivity contribution in [2.75, 3.05) is 12.8 Å². The number of nitrogen functional groups attached to an aromatic ring is 1. The number of hydrogen-bond acceptors (Lipinski definition) is 6. The molecule has 0 fully saturated rings. The van der Waals surface area contributed by atoms with Crippen molar-refractivity contribution in [2.45, 2.75) is 12.2 Å². The summed E-state index contributed by atoms with van der Waals surface area (Å²) in [5, 5.41) is 32.5. The van der Waals surface area contributed by atoms with E-state index in [0.717, 1.165) is 11.4 Å². The molecule has 0 aliphatic rings. The number of methoxy groups -OCH3 is 1. The van der Waals surface area contributed by atoms with E-state index < -0.39 is 24.1 Å². The highest BCUT2D eigenvalue weighted by molar-refractivity contribution is 5.83. The fraction of sp³-hybridized carbons (Fsp3) is 0.273. The van der Waals surface area contributed by atoms with Crippen molar-refractivity contribution in [3.63, 3.8) is 0 Å². The van der Waals surface area contributed by atoms with Gasteiger partial charge in [-0.3, -0.25) is 0 Å². The summed E-state index contributed by atoms with van der Waals surface area (Å²) in [5.41, 5.74) is 6.19. The van der Waals surface area contributed by atoms with Gasteiger partial charge in [-0.2, -0.15) is 0 Å². The average Bonchev–Trinajstić information content (AvgIpc) is 2.37. The minimum absolute atomic E-state index is 0. The molecule has 2 atom stereocenters. The third kappa shape index (κ3) is 7.16. The standard InChI is InChI=1S/C7H9NO.C4H6O6.H2O/c1-9-7-4-2-3-6(8)5-7;5-1(3(7)8)2(6)4(9)10;/h2-5H,8H2,1H3;1-2,5-6H,(H,7,8)(H,9,10);1H2/t;1-,2-;/m.1./s1. The molecule has 0 unspecified atom stereocenters. The van der Waals surface area contributed by atoms with Gasteiger partial charge in [-0.25, -0.2) is 9.59 Å². The molecule has 0 bridgehead atoms. The minimum Gasteiger partial charge on any atom is -0.497 e. The van der Waals surface area contributed by atoms with Crippen molar-refractivity contribution in [3.8, 4) is 5.75 Å². The lowest BCUT2D eigenvalue weighted by Crippen LogP contribution is -2.39. The van der Waals surface area contributed by atoms with E-state index in [1.807, 2.05) is 18.2 Å². The first-order valence-corrected chi connectivity index (χ1v) is 5.00. The van der Waals surface area contributed by atoms with Gasteiger partial charge in [0.25, 0.3) is 0 Å². The maximum absolute atomic E-state index is 9.77. The van der Waals surface area contributed by atoms with E-state index in [1.54, 1.807) is 13.2 Å². The van der Waals surface area contributed by atoms with Crippen molar-refractivity contribution in [2.24, 2.45) is 0 Å². The summed E-state index contributed by atoms with van der Waals surface area (Å²) in [6.07, 6.45) is -4.53. The van der Waals surface area contributed by atoms with Gasteiger partial charge in [0.2, 0.25) is 0 Å². The molecule has 1 aromatic rings. The summed E-state index contributed by atoms with van der Waals surface area (Å²) in [4.78, 5) is 19.5. The van der Waals surface area contributed by atoms with Crippen LogP contribution in [0.25, 0.3) is 0 Å². The Labute approximate surface area is 114 Å². The molecule has 0 saturated carbocycles. The molecule has 8 N–H and O–H groups in total. The Morgan fingerprint density at radius 1 is 1.15 bits per heavy atom. The number of aliphatic carboxylic acids is 2. The number of aliphatic hydroxyl groups excluding tert-OH is 2. The van der Waals surface area contributed by atoms with Gasteiger partial charge in [-0.05, 0) is 12.1 Å². The zero-order valence-corrected chi connectivity index (χ0v) is 10.6. The summed E-state index contributed by atoms with van der Waals surface area (Å²) < 4.78 is 4.92. The number of nitrogens with two attached hydrogens (primary N) is 1. The molecular weight excluding hydrogens is 274 g/mol. The van der Waals surface area contributed by atoms with E-state index in [2.05, 4.69) is 0 Å². The normalized spacial score (nSPS) is 11.9. The van der Waals surface area contributed by atoms with E-state index >= 15 is 0 Å². The molecule has 9 nitrogen and oxygen atoms in total. The maximum atomic E-state index is 9.77. The van der Waals surface area contributed by atoms with Gasteiger partial charge in [-0.15, -0.1) is 0 Å². The molecule has 0 aliphatic carbocycles. The van der Waals surface area contributed by atoms with Gasteiger partial charge in [0.15, 0.2) is 12.2 Å². The topological polar surface area (TPSA) is 182 Å². The lowest BCUT2D eigenvalue weighted by atomic mass is 10.2. The number of carboxylic acid groups (broad SMARTS) is 2. The van der Waals surface area contributed by atoms with Crippen LogP contribution in [0.5, 0.6) is 5.75 Å². The molecule has 114 valence electrons. The number of ether oxygens (including phenoxy) is 1. The molecule has 0 heterocycles. The smallest absolute Gasteiger partial charge is 0.335 e. The predicted molar refractivity (Wildman–Crippen MR) is 68.3 cm³/mol. The van der Waals surface area contributed by atoms with Crippen molar-refractivity contribution in [1.82, 2.24) is 0 Å². The predicted octanol–water partition coefficient (Wildman–Crippen LogP) is -1.67. The van der Waals surface area contributed by atoms with Crippen molar-refractivity contribution in [1.29, 1.82) is 0 Å². The Kier molecular flexibility index (Phi) is 9.54. The molecule has 0 saturated heterocycles. The monoisotopic (exact) mass is 291 g/mol. The minimum atomic E-state index is -2.27. The lowest BCUT2D eigenvalue weighted by Gasteiger charge is -2.07. The fourth-order valence-corrected chi connectivity index (χ4v) is 0.912. The second-order valence-corrected chi connectivity index (χ2v) is 3.34. The molecular formula is C11H17NO8. The number of anilines is 1. The molecule has 1 rings (SSSR count). The zero-order chi connectivity index (χ0) is 15.0. The number of carboxylic acids is 2. The van der Waals surface area contributed by atoms with Crippen LogP contribution in [0.4, 0.5) is 5.69 Å². The quantitative estimate of drug-likeness (QED) is 0.408. The Bertz CT molecular complexity index is 418. The molecule has 0 amide bonds. The molecule has 1 aromatic carbocycles. The first-order valence-electron chi connectivity index (χ1n) is 5.00. The first kappa shape index (κ1) is 20.0. The van der Waals surface area contributed by atoms with Crippen LogP contribution in [0.2, 0.25) is 0 Å². The van der Waals surface area contributed by atoms with Crippen molar-refractivity contribution < 1.29 is 40.2 Å². The highest BCUT2D eigenvalue weighted by Gasteiger charge is 2.29. The van der Waals surface area contributed by atoms with Crippen LogP contribution in [0, 0.1) is 0 Å². The van der Waals surface area contributed by atoms with Gasteiger partial charge in [0.05, 0.1) is 7.11 Å². The van der Waals surface area contributed by atoms with Gasteiger partial charge in [-0.1, -0.05) is 6.07 Å². The Morgan fingerprint density at radius 3 is 1.85 bits per heavy atom. The van der Waals surface area contributed by atoms with E-state index in [0.29, 0.717) is 0 Å². The Morgan fingerprint density at radius 2 is 1.60 bits per heavy atom. The molecule has 20 heavy (non-hydrogen) atoms. The molecule has 0 spiro atoms. The zero-order valence-electron chi connectivity index (χ0n) is 10.6. The van der Waals surface area contributed by atoms with Gasteiger partial charge in [0, 0.05) is 11.8 Å². The van der Waals surface area contributed by atoms with Gasteiger partial charge >= 0.3 is 11.9 Å². The largest absolute Gasteiger partial charge is 0.497 e. The Balaban J connectivity index is 0. The third-order valence-electron chi connectivity index (χ3n) is 1.90. The summed E-state index contributed by atoms with van der Waals surface area (Å²) in [6.45, 7) is 0. The lowest BCUT2D eigenvalue weighted by molar-refractivity contribution is -0.165. The number of rotatable bonds is 4. The summed E-state index contributed by atoms with van der Waals surface area (Å²) in [6, 6.07) is 7.31. The highest BCUT2D eigenvalue weighted by atomic mass is 16.5.